The summed E-state index contributed by atoms with van der Waals surface area (Å²) in [5.74, 6) is 0.164. The molecular formula is C20H23N3O3S. The molecule has 0 radical (unpaired) electrons. The van der Waals surface area contributed by atoms with Gasteiger partial charge >= 0.3 is 0 Å². The van der Waals surface area contributed by atoms with Crippen LogP contribution in [0.4, 0.5) is 0 Å². The highest BCUT2D eigenvalue weighted by molar-refractivity contribution is 7.91. The third kappa shape index (κ3) is 4.04. The Morgan fingerprint density at radius 1 is 1.00 bits per heavy atom. The number of nitrogens with zero attached hydrogens (tertiary/aromatic N) is 3. The SMILES string of the molecule is O=C(Cc1cccnc1)N1CCN(Cc2ccccc2)C2CS(=O)(=O)CC21. The standard InChI is InChI=1S/C20H23N3O3S/c24-20(11-17-7-4-8-21-12-17)23-10-9-22(13-16-5-2-1-3-6-16)18-14-27(25,26)15-19(18)23/h1-8,12,18-19H,9-11,13-15H2. The molecule has 0 saturated carbocycles. The third-order valence-corrected chi connectivity index (χ3v) is 7.12. The van der Waals surface area contributed by atoms with Gasteiger partial charge in [0, 0.05) is 38.1 Å². The number of piperazine rings is 1. The molecular weight excluding hydrogens is 362 g/mol. The van der Waals surface area contributed by atoms with Crippen molar-refractivity contribution in [2.24, 2.45) is 0 Å². The minimum atomic E-state index is -3.14. The molecule has 0 spiro atoms. The summed E-state index contributed by atoms with van der Waals surface area (Å²) in [6, 6.07) is 13.3. The van der Waals surface area contributed by atoms with Crippen molar-refractivity contribution in [2.75, 3.05) is 24.6 Å². The van der Waals surface area contributed by atoms with E-state index in [9.17, 15) is 13.2 Å². The number of rotatable bonds is 4. The van der Waals surface area contributed by atoms with E-state index < -0.39 is 9.84 Å². The highest BCUT2D eigenvalue weighted by atomic mass is 32.2. The second-order valence-corrected chi connectivity index (χ2v) is 9.45. The summed E-state index contributed by atoms with van der Waals surface area (Å²) in [6.45, 7) is 1.95. The van der Waals surface area contributed by atoms with E-state index in [1.165, 1.54) is 0 Å². The van der Waals surface area contributed by atoms with Crippen LogP contribution < -0.4 is 0 Å². The number of hydrogen-bond donors (Lipinski definition) is 0. The van der Waals surface area contributed by atoms with Gasteiger partial charge in [0.2, 0.25) is 5.91 Å². The van der Waals surface area contributed by atoms with Gasteiger partial charge in [0.15, 0.2) is 9.84 Å². The highest BCUT2D eigenvalue weighted by Gasteiger charge is 2.47. The first-order chi connectivity index (χ1) is 13.0. The van der Waals surface area contributed by atoms with Crippen LogP contribution in [0.15, 0.2) is 54.9 Å². The maximum atomic E-state index is 12.9. The van der Waals surface area contributed by atoms with Crippen LogP contribution in [-0.2, 0) is 27.6 Å². The van der Waals surface area contributed by atoms with Crippen molar-refractivity contribution in [3.8, 4) is 0 Å². The topological polar surface area (TPSA) is 70.6 Å². The monoisotopic (exact) mass is 385 g/mol. The van der Waals surface area contributed by atoms with Gasteiger partial charge in [-0.1, -0.05) is 36.4 Å². The zero-order chi connectivity index (χ0) is 18.9. The summed E-state index contributed by atoms with van der Waals surface area (Å²) in [5.41, 5.74) is 2.02. The molecule has 3 heterocycles. The molecule has 6 nitrogen and oxygen atoms in total. The second-order valence-electron chi connectivity index (χ2n) is 7.29. The van der Waals surface area contributed by atoms with E-state index in [0.717, 1.165) is 11.1 Å². The summed E-state index contributed by atoms with van der Waals surface area (Å²) in [4.78, 5) is 20.9. The minimum Gasteiger partial charge on any atom is -0.336 e. The van der Waals surface area contributed by atoms with Crippen molar-refractivity contribution >= 4 is 15.7 Å². The van der Waals surface area contributed by atoms with Crippen LogP contribution in [0.1, 0.15) is 11.1 Å². The normalized spacial score (nSPS) is 24.5. The number of aromatic nitrogens is 1. The van der Waals surface area contributed by atoms with Crippen LogP contribution >= 0.6 is 0 Å². The van der Waals surface area contributed by atoms with Gasteiger partial charge in [0.1, 0.15) is 0 Å². The summed E-state index contributed by atoms with van der Waals surface area (Å²) < 4.78 is 24.7. The average Bonchev–Trinajstić information content (AvgIpc) is 2.99. The fourth-order valence-corrected chi connectivity index (χ4v) is 6.14. The molecule has 0 N–H and O–H groups in total. The summed E-state index contributed by atoms with van der Waals surface area (Å²) >= 11 is 0. The largest absolute Gasteiger partial charge is 0.336 e. The predicted molar refractivity (Wildman–Crippen MR) is 103 cm³/mol. The minimum absolute atomic E-state index is 0.0190. The van der Waals surface area contributed by atoms with E-state index in [4.69, 9.17) is 0 Å². The third-order valence-electron chi connectivity index (χ3n) is 5.42. The van der Waals surface area contributed by atoms with E-state index in [2.05, 4.69) is 22.0 Å². The van der Waals surface area contributed by atoms with Crippen LogP contribution in [-0.4, -0.2) is 65.8 Å². The molecule has 4 rings (SSSR count). The molecule has 1 aromatic carbocycles. The molecule has 2 aromatic rings. The highest BCUT2D eigenvalue weighted by Crippen LogP contribution is 2.28. The van der Waals surface area contributed by atoms with Crippen molar-refractivity contribution < 1.29 is 13.2 Å². The number of fused-ring (bicyclic) bond motifs is 1. The average molecular weight is 385 g/mol. The molecule has 7 heteroatoms. The molecule has 1 amide bonds. The van der Waals surface area contributed by atoms with E-state index in [1.54, 1.807) is 17.3 Å². The van der Waals surface area contributed by atoms with Crippen LogP contribution in [0.25, 0.3) is 0 Å². The maximum Gasteiger partial charge on any atom is 0.227 e. The lowest BCUT2D eigenvalue weighted by atomic mass is 10.0. The number of amides is 1. The van der Waals surface area contributed by atoms with Crippen LogP contribution in [0.2, 0.25) is 0 Å². The maximum absolute atomic E-state index is 12.9. The van der Waals surface area contributed by atoms with Crippen molar-refractivity contribution in [1.29, 1.82) is 0 Å². The van der Waals surface area contributed by atoms with Gasteiger partial charge in [-0.25, -0.2) is 8.42 Å². The molecule has 0 bridgehead atoms. The van der Waals surface area contributed by atoms with E-state index in [-0.39, 0.29) is 35.9 Å². The Hall–Kier alpha value is -2.25. The molecule has 2 saturated heterocycles. The molecule has 2 aliphatic rings. The first-order valence-electron chi connectivity index (χ1n) is 9.19. The number of pyridine rings is 1. The van der Waals surface area contributed by atoms with Crippen LogP contribution in [0, 0.1) is 0 Å². The van der Waals surface area contributed by atoms with Gasteiger partial charge < -0.3 is 4.90 Å². The molecule has 0 aliphatic carbocycles. The predicted octanol–water partition coefficient (Wildman–Crippen LogP) is 1.13. The van der Waals surface area contributed by atoms with Gasteiger partial charge in [-0.15, -0.1) is 0 Å². The van der Waals surface area contributed by atoms with Crippen molar-refractivity contribution in [3.63, 3.8) is 0 Å². The Labute approximate surface area is 159 Å². The second kappa shape index (κ2) is 7.40. The zero-order valence-corrected chi connectivity index (χ0v) is 15.9. The van der Waals surface area contributed by atoms with Gasteiger partial charge in [-0.3, -0.25) is 14.7 Å². The first-order valence-corrected chi connectivity index (χ1v) is 11.0. The fraction of sp³-hybridized carbons (Fsp3) is 0.400. The Balaban J connectivity index is 1.52. The summed E-state index contributed by atoms with van der Waals surface area (Å²) in [6.07, 6.45) is 3.62. The lowest BCUT2D eigenvalue weighted by molar-refractivity contribution is -0.136. The quantitative estimate of drug-likeness (QED) is 0.789. The van der Waals surface area contributed by atoms with Crippen LogP contribution in [0.5, 0.6) is 0 Å². The van der Waals surface area contributed by atoms with Gasteiger partial charge in [0.25, 0.3) is 0 Å². The molecule has 1 aromatic heterocycles. The van der Waals surface area contributed by atoms with Crippen molar-refractivity contribution in [2.45, 2.75) is 25.0 Å². The van der Waals surface area contributed by atoms with E-state index >= 15 is 0 Å². The van der Waals surface area contributed by atoms with Crippen LogP contribution in [0.3, 0.4) is 0 Å². The fourth-order valence-electron chi connectivity index (χ4n) is 4.13. The summed E-state index contributed by atoms with van der Waals surface area (Å²) in [7, 11) is -3.14. The number of carbonyl (C=O) groups excluding carboxylic acids is 1. The number of sulfone groups is 1. The Morgan fingerprint density at radius 2 is 1.74 bits per heavy atom. The van der Waals surface area contributed by atoms with Gasteiger partial charge in [-0.05, 0) is 17.2 Å². The van der Waals surface area contributed by atoms with Crippen molar-refractivity contribution in [1.82, 2.24) is 14.8 Å². The zero-order valence-electron chi connectivity index (χ0n) is 15.1. The summed E-state index contributed by atoms with van der Waals surface area (Å²) in [5, 5.41) is 0. The van der Waals surface area contributed by atoms with Gasteiger partial charge in [-0.2, -0.15) is 0 Å². The lowest BCUT2D eigenvalue weighted by Gasteiger charge is -2.44. The molecule has 2 unspecified atom stereocenters. The Bertz CT molecular complexity index is 903. The molecule has 2 atom stereocenters. The number of carbonyl (C=O) groups is 1. The molecule has 142 valence electrons. The molecule has 27 heavy (non-hydrogen) atoms. The molecule has 2 fully saturated rings. The Kier molecular flexibility index (Phi) is 4.97. The smallest absolute Gasteiger partial charge is 0.227 e. The Morgan fingerprint density at radius 3 is 2.48 bits per heavy atom. The molecule has 2 aliphatic heterocycles. The lowest BCUT2D eigenvalue weighted by Crippen LogP contribution is -2.60. The number of hydrogen-bond acceptors (Lipinski definition) is 5. The van der Waals surface area contributed by atoms with Gasteiger partial charge in [0.05, 0.1) is 24.0 Å². The first kappa shape index (κ1) is 18.1. The van der Waals surface area contributed by atoms with Crippen molar-refractivity contribution in [3.05, 3.63) is 66.0 Å². The number of benzene rings is 1. The van der Waals surface area contributed by atoms with E-state index in [0.29, 0.717) is 19.6 Å². The van der Waals surface area contributed by atoms with E-state index in [1.807, 2.05) is 30.3 Å².